The molecule has 1 aliphatic rings. The maximum absolute atomic E-state index is 12.2. The fourth-order valence-electron chi connectivity index (χ4n) is 2.61. The van der Waals surface area contributed by atoms with Crippen molar-refractivity contribution in [1.82, 2.24) is 15.1 Å². The summed E-state index contributed by atoms with van der Waals surface area (Å²) in [5.41, 5.74) is 0.900. The van der Waals surface area contributed by atoms with Gasteiger partial charge in [0.15, 0.2) is 11.5 Å². The molecule has 1 N–H and O–H groups in total. The molecule has 1 aliphatic heterocycles. The van der Waals surface area contributed by atoms with E-state index in [2.05, 4.69) is 10.4 Å². The predicted molar refractivity (Wildman–Crippen MR) is 89.3 cm³/mol. The Morgan fingerprint density at radius 2 is 2.12 bits per heavy atom. The normalized spacial score (nSPS) is 15.8. The van der Waals surface area contributed by atoms with E-state index in [1.54, 1.807) is 23.2 Å². The minimum atomic E-state index is -0.647. The second kappa shape index (κ2) is 6.72. The van der Waals surface area contributed by atoms with E-state index in [1.165, 1.54) is 0 Å². The number of ether oxygens (including phenoxy) is 2. The third-order valence-corrected chi connectivity index (χ3v) is 3.88. The van der Waals surface area contributed by atoms with E-state index >= 15 is 0 Å². The number of carbonyl (C=O) groups excluding carboxylic acids is 1. The number of carbonyl (C=O) groups is 1. The van der Waals surface area contributed by atoms with Crippen molar-refractivity contribution >= 4 is 5.91 Å². The lowest BCUT2D eigenvalue weighted by atomic mass is 10.2. The Balaban J connectivity index is 1.28. The standard InChI is InChI=1S/C18H17N3O4/c22-18(17-12-24-15-4-1-2-5-16(15)25-17)19-7-8-21-11-13(10-20-21)14-6-3-9-23-14/h1-6,9-11,17H,7-8,12H2,(H,19,22)/t17-/m1/s1. The molecule has 1 atom stereocenters. The first kappa shape index (κ1) is 15.3. The molecule has 25 heavy (non-hydrogen) atoms. The van der Waals surface area contributed by atoms with Gasteiger partial charge in [-0.1, -0.05) is 12.1 Å². The quantitative estimate of drug-likeness (QED) is 0.770. The Morgan fingerprint density at radius 3 is 2.96 bits per heavy atom. The van der Waals surface area contributed by atoms with E-state index in [0.29, 0.717) is 24.6 Å². The minimum Gasteiger partial charge on any atom is -0.485 e. The summed E-state index contributed by atoms with van der Waals surface area (Å²) in [5, 5.41) is 7.11. The van der Waals surface area contributed by atoms with Crippen LogP contribution in [0.2, 0.25) is 0 Å². The zero-order chi connectivity index (χ0) is 17.1. The van der Waals surface area contributed by atoms with Crippen molar-refractivity contribution in [3.63, 3.8) is 0 Å². The van der Waals surface area contributed by atoms with Crippen LogP contribution in [0.4, 0.5) is 0 Å². The number of furan rings is 1. The van der Waals surface area contributed by atoms with Crippen LogP contribution in [-0.2, 0) is 11.3 Å². The van der Waals surface area contributed by atoms with Gasteiger partial charge in [-0.3, -0.25) is 9.48 Å². The first-order chi connectivity index (χ1) is 12.3. The number of nitrogens with one attached hydrogen (secondary N) is 1. The monoisotopic (exact) mass is 339 g/mol. The number of para-hydroxylation sites is 2. The maximum atomic E-state index is 12.2. The molecule has 128 valence electrons. The Bertz CT molecular complexity index is 857. The topological polar surface area (TPSA) is 78.5 Å². The highest BCUT2D eigenvalue weighted by atomic mass is 16.6. The summed E-state index contributed by atoms with van der Waals surface area (Å²) in [4.78, 5) is 12.2. The molecule has 1 amide bonds. The van der Waals surface area contributed by atoms with E-state index in [4.69, 9.17) is 13.9 Å². The van der Waals surface area contributed by atoms with Gasteiger partial charge < -0.3 is 19.2 Å². The largest absolute Gasteiger partial charge is 0.485 e. The van der Waals surface area contributed by atoms with Gasteiger partial charge in [-0.2, -0.15) is 5.10 Å². The molecule has 0 radical (unpaired) electrons. The molecule has 0 bridgehead atoms. The second-order valence-electron chi connectivity index (χ2n) is 5.62. The zero-order valence-corrected chi connectivity index (χ0v) is 13.4. The lowest BCUT2D eigenvalue weighted by molar-refractivity contribution is -0.130. The van der Waals surface area contributed by atoms with Crippen molar-refractivity contribution < 1.29 is 18.7 Å². The van der Waals surface area contributed by atoms with Gasteiger partial charge in [0, 0.05) is 12.7 Å². The summed E-state index contributed by atoms with van der Waals surface area (Å²) < 4.78 is 18.3. The molecule has 2 aromatic heterocycles. The van der Waals surface area contributed by atoms with Gasteiger partial charge in [-0.25, -0.2) is 0 Å². The van der Waals surface area contributed by atoms with Crippen LogP contribution in [-0.4, -0.2) is 34.9 Å². The Morgan fingerprint density at radius 1 is 1.24 bits per heavy atom. The summed E-state index contributed by atoms with van der Waals surface area (Å²) >= 11 is 0. The van der Waals surface area contributed by atoms with Crippen LogP contribution in [0.25, 0.3) is 11.3 Å². The molecular weight excluding hydrogens is 322 g/mol. The minimum absolute atomic E-state index is 0.201. The highest BCUT2D eigenvalue weighted by molar-refractivity contribution is 5.81. The van der Waals surface area contributed by atoms with Crippen molar-refractivity contribution in [3.8, 4) is 22.8 Å². The van der Waals surface area contributed by atoms with Gasteiger partial charge in [0.1, 0.15) is 12.4 Å². The van der Waals surface area contributed by atoms with Crippen LogP contribution in [0.5, 0.6) is 11.5 Å². The SMILES string of the molecule is O=C(NCCn1cc(-c2ccco2)cn1)[C@H]1COc2ccccc2O1. The van der Waals surface area contributed by atoms with E-state index in [-0.39, 0.29) is 12.5 Å². The van der Waals surface area contributed by atoms with Crippen LogP contribution >= 0.6 is 0 Å². The average Bonchev–Trinajstić information content (AvgIpc) is 3.32. The number of hydrogen-bond acceptors (Lipinski definition) is 5. The summed E-state index contributed by atoms with van der Waals surface area (Å²) in [6.45, 7) is 1.20. The molecule has 0 spiro atoms. The summed E-state index contributed by atoms with van der Waals surface area (Å²) in [6, 6.07) is 11.0. The van der Waals surface area contributed by atoms with Crippen molar-refractivity contribution in [2.45, 2.75) is 12.6 Å². The number of nitrogens with zero attached hydrogens (tertiary/aromatic N) is 2. The van der Waals surface area contributed by atoms with Gasteiger partial charge in [0.25, 0.3) is 5.91 Å². The highest BCUT2D eigenvalue weighted by Crippen LogP contribution is 2.30. The highest BCUT2D eigenvalue weighted by Gasteiger charge is 2.26. The predicted octanol–water partition coefficient (Wildman–Crippen LogP) is 2.10. The smallest absolute Gasteiger partial charge is 0.264 e. The average molecular weight is 339 g/mol. The van der Waals surface area contributed by atoms with Crippen LogP contribution in [0.3, 0.4) is 0 Å². The molecule has 3 heterocycles. The van der Waals surface area contributed by atoms with Crippen molar-refractivity contribution in [1.29, 1.82) is 0 Å². The Kier molecular flexibility index (Phi) is 4.12. The van der Waals surface area contributed by atoms with Crippen molar-refractivity contribution in [2.24, 2.45) is 0 Å². The molecule has 4 rings (SSSR count). The molecular formula is C18H17N3O4. The molecule has 3 aromatic rings. The first-order valence-electron chi connectivity index (χ1n) is 8.02. The third-order valence-electron chi connectivity index (χ3n) is 3.88. The third kappa shape index (κ3) is 3.35. The Hall–Kier alpha value is -3.22. The summed E-state index contributed by atoms with van der Waals surface area (Å²) in [7, 11) is 0. The first-order valence-corrected chi connectivity index (χ1v) is 8.02. The van der Waals surface area contributed by atoms with E-state index in [1.807, 2.05) is 36.5 Å². The number of fused-ring (bicyclic) bond motifs is 1. The van der Waals surface area contributed by atoms with Crippen LogP contribution in [0.15, 0.2) is 59.5 Å². The maximum Gasteiger partial charge on any atom is 0.264 e. The molecule has 7 nitrogen and oxygen atoms in total. The Labute approximate surface area is 144 Å². The number of aromatic nitrogens is 2. The summed E-state index contributed by atoms with van der Waals surface area (Å²) in [6.07, 6.45) is 4.58. The molecule has 0 fully saturated rings. The number of benzene rings is 1. The molecule has 0 saturated carbocycles. The molecule has 0 saturated heterocycles. The number of hydrogen-bond donors (Lipinski definition) is 1. The van der Waals surface area contributed by atoms with E-state index in [9.17, 15) is 4.79 Å². The van der Waals surface area contributed by atoms with Crippen molar-refractivity contribution in [3.05, 3.63) is 55.1 Å². The van der Waals surface area contributed by atoms with Gasteiger partial charge in [-0.15, -0.1) is 0 Å². The van der Waals surface area contributed by atoms with Gasteiger partial charge in [0.2, 0.25) is 6.10 Å². The number of rotatable bonds is 5. The van der Waals surface area contributed by atoms with Gasteiger partial charge in [0.05, 0.1) is 24.6 Å². The molecule has 1 aromatic carbocycles. The van der Waals surface area contributed by atoms with E-state index in [0.717, 1.165) is 11.3 Å². The summed E-state index contributed by atoms with van der Waals surface area (Å²) in [5.74, 6) is 1.81. The van der Waals surface area contributed by atoms with Crippen LogP contribution < -0.4 is 14.8 Å². The fourth-order valence-corrected chi connectivity index (χ4v) is 2.61. The molecule has 7 heteroatoms. The number of amides is 1. The van der Waals surface area contributed by atoms with Crippen LogP contribution in [0, 0.1) is 0 Å². The second-order valence-corrected chi connectivity index (χ2v) is 5.62. The lowest BCUT2D eigenvalue weighted by Crippen LogP contribution is -2.44. The van der Waals surface area contributed by atoms with E-state index < -0.39 is 6.10 Å². The molecule has 0 aliphatic carbocycles. The van der Waals surface area contributed by atoms with Crippen molar-refractivity contribution in [2.75, 3.05) is 13.2 Å². The zero-order valence-electron chi connectivity index (χ0n) is 13.4. The fraction of sp³-hybridized carbons (Fsp3) is 0.222. The van der Waals surface area contributed by atoms with Crippen LogP contribution in [0.1, 0.15) is 0 Å². The lowest BCUT2D eigenvalue weighted by Gasteiger charge is -2.25. The van der Waals surface area contributed by atoms with Gasteiger partial charge >= 0.3 is 0 Å². The molecule has 0 unspecified atom stereocenters. The van der Waals surface area contributed by atoms with Gasteiger partial charge in [-0.05, 0) is 24.3 Å².